The van der Waals surface area contributed by atoms with Gasteiger partial charge in [-0.25, -0.2) is 0 Å². The van der Waals surface area contributed by atoms with Crippen molar-refractivity contribution in [2.75, 3.05) is 11.9 Å². The molecule has 0 saturated heterocycles. The molecule has 16 heavy (non-hydrogen) atoms. The van der Waals surface area contributed by atoms with Crippen molar-refractivity contribution in [3.8, 4) is 5.75 Å². The first kappa shape index (κ1) is 14.3. The van der Waals surface area contributed by atoms with E-state index in [0.29, 0.717) is 0 Å². The van der Waals surface area contributed by atoms with Gasteiger partial charge < -0.3 is 4.74 Å². The van der Waals surface area contributed by atoms with Gasteiger partial charge in [0.2, 0.25) is 0 Å². The quantitative estimate of drug-likeness (QED) is 0.340. The minimum Gasteiger partial charge on any atom is -0.494 e. The normalized spacial score (nSPS) is 10.4. The summed E-state index contributed by atoms with van der Waals surface area (Å²) in [5, 5.41) is 1.13. The summed E-state index contributed by atoms with van der Waals surface area (Å²) in [5.41, 5.74) is 0. The SMILES string of the molecule is BrCCCCCCCOc1cccc(I)c1. The number of ether oxygens (including phenoxy) is 1. The van der Waals surface area contributed by atoms with Crippen LogP contribution >= 0.6 is 38.5 Å². The number of alkyl halides is 1. The number of unbranched alkanes of at least 4 members (excludes halogenated alkanes) is 4. The van der Waals surface area contributed by atoms with Crippen LogP contribution in [-0.4, -0.2) is 11.9 Å². The van der Waals surface area contributed by atoms with Crippen LogP contribution in [0.1, 0.15) is 32.1 Å². The maximum atomic E-state index is 5.68. The van der Waals surface area contributed by atoms with Crippen molar-refractivity contribution >= 4 is 38.5 Å². The number of halogens is 2. The highest BCUT2D eigenvalue weighted by Gasteiger charge is 1.95. The fourth-order valence-electron chi connectivity index (χ4n) is 1.47. The van der Waals surface area contributed by atoms with E-state index in [4.69, 9.17) is 4.74 Å². The Hall–Kier alpha value is 0.230. The molecule has 1 aromatic carbocycles. The van der Waals surface area contributed by atoms with Gasteiger partial charge in [-0.1, -0.05) is 41.3 Å². The zero-order valence-corrected chi connectivity index (χ0v) is 13.2. The van der Waals surface area contributed by atoms with Gasteiger partial charge in [-0.15, -0.1) is 0 Å². The van der Waals surface area contributed by atoms with E-state index in [9.17, 15) is 0 Å². The maximum Gasteiger partial charge on any atom is 0.120 e. The van der Waals surface area contributed by atoms with Crippen molar-refractivity contribution in [3.05, 3.63) is 27.8 Å². The van der Waals surface area contributed by atoms with Crippen molar-refractivity contribution < 1.29 is 4.74 Å². The number of hydrogen-bond acceptors (Lipinski definition) is 1. The zero-order chi connectivity index (χ0) is 11.6. The molecule has 0 aromatic heterocycles. The fraction of sp³-hybridized carbons (Fsp3) is 0.538. The lowest BCUT2D eigenvalue weighted by Crippen LogP contribution is -1.97. The lowest BCUT2D eigenvalue weighted by atomic mass is 10.2. The Morgan fingerprint density at radius 3 is 2.56 bits per heavy atom. The van der Waals surface area contributed by atoms with Crippen LogP contribution in [0.5, 0.6) is 5.75 Å². The summed E-state index contributed by atoms with van der Waals surface area (Å²) in [6.07, 6.45) is 6.37. The molecule has 0 amide bonds. The molecule has 90 valence electrons. The molecule has 0 saturated carbocycles. The number of hydrogen-bond donors (Lipinski definition) is 0. The first-order chi connectivity index (χ1) is 7.83. The highest BCUT2D eigenvalue weighted by atomic mass is 127. The molecular formula is C13H18BrIO. The van der Waals surface area contributed by atoms with Crippen molar-refractivity contribution in [1.29, 1.82) is 0 Å². The van der Waals surface area contributed by atoms with Crippen molar-refractivity contribution in [2.45, 2.75) is 32.1 Å². The van der Waals surface area contributed by atoms with E-state index >= 15 is 0 Å². The predicted molar refractivity (Wildman–Crippen MR) is 81.5 cm³/mol. The maximum absolute atomic E-state index is 5.68. The molecule has 0 aliphatic heterocycles. The lowest BCUT2D eigenvalue weighted by Gasteiger charge is -2.06. The largest absolute Gasteiger partial charge is 0.494 e. The van der Waals surface area contributed by atoms with Crippen molar-refractivity contribution in [1.82, 2.24) is 0 Å². The molecule has 0 spiro atoms. The molecule has 0 unspecified atom stereocenters. The second kappa shape index (κ2) is 9.28. The minimum absolute atomic E-state index is 0.842. The Morgan fingerprint density at radius 1 is 1.06 bits per heavy atom. The van der Waals surface area contributed by atoms with Crippen LogP contribution in [0.4, 0.5) is 0 Å². The first-order valence-corrected chi connectivity index (χ1v) is 7.97. The Balaban J connectivity index is 2.03. The van der Waals surface area contributed by atoms with Crippen LogP contribution in [0.3, 0.4) is 0 Å². The van der Waals surface area contributed by atoms with E-state index in [1.54, 1.807) is 0 Å². The summed E-state index contributed by atoms with van der Waals surface area (Å²) >= 11 is 5.75. The van der Waals surface area contributed by atoms with Crippen molar-refractivity contribution in [3.63, 3.8) is 0 Å². The Morgan fingerprint density at radius 2 is 1.81 bits per heavy atom. The third-order valence-electron chi connectivity index (χ3n) is 2.34. The highest BCUT2D eigenvalue weighted by Crippen LogP contribution is 2.15. The van der Waals surface area contributed by atoms with E-state index in [2.05, 4.69) is 50.7 Å². The summed E-state index contributed by atoms with van der Waals surface area (Å²) < 4.78 is 6.91. The smallest absolute Gasteiger partial charge is 0.120 e. The van der Waals surface area contributed by atoms with Crippen LogP contribution in [-0.2, 0) is 0 Å². The minimum atomic E-state index is 0.842. The molecule has 1 nitrogen and oxygen atoms in total. The van der Waals surface area contributed by atoms with Crippen LogP contribution in [0.15, 0.2) is 24.3 Å². The molecule has 1 rings (SSSR count). The average molecular weight is 397 g/mol. The van der Waals surface area contributed by atoms with Gasteiger partial charge in [-0.3, -0.25) is 0 Å². The Bertz CT molecular complexity index is 291. The van der Waals surface area contributed by atoms with Gasteiger partial charge in [0.05, 0.1) is 6.61 Å². The monoisotopic (exact) mass is 396 g/mol. The standard InChI is InChI=1S/C13H18BrIO/c14-9-4-2-1-3-5-10-16-13-8-6-7-12(15)11-13/h6-8,11H,1-5,9-10H2. The molecule has 0 fully saturated rings. The van der Waals surface area contributed by atoms with E-state index in [1.165, 1.54) is 29.3 Å². The Labute approximate surface area is 120 Å². The molecule has 0 aliphatic carbocycles. The predicted octanol–water partition coefficient (Wildman–Crippen LogP) is 5.02. The summed E-state index contributed by atoms with van der Waals surface area (Å²) in [5.74, 6) is 0.993. The zero-order valence-electron chi connectivity index (χ0n) is 9.42. The molecule has 3 heteroatoms. The third-order valence-corrected chi connectivity index (χ3v) is 3.57. The summed E-state index contributed by atoms with van der Waals surface area (Å²) in [4.78, 5) is 0. The van der Waals surface area contributed by atoms with Gasteiger partial charge in [-0.2, -0.15) is 0 Å². The van der Waals surface area contributed by atoms with E-state index < -0.39 is 0 Å². The van der Waals surface area contributed by atoms with Gasteiger partial charge in [0.15, 0.2) is 0 Å². The third kappa shape index (κ3) is 6.74. The molecule has 0 atom stereocenters. The number of benzene rings is 1. The molecule has 0 radical (unpaired) electrons. The van der Waals surface area contributed by atoms with E-state index in [0.717, 1.165) is 24.1 Å². The molecule has 0 bridgehead atoms. The molecular weight excluding hydrogens is 379 g/mol. The topological polar surface area (TPSA) is 9.23 Å². The van der Waals surface area contributed by atoms with Gasteiger partial charge in [0.25, 0.3) is 0 Å². The lowest BCUT2D eigenvalue weighted by molar-refractivity contribution is 0.304. The summed E-state index contributed by atoms with van der Waals surface area (Å²) in [6.45, 7) is 0.842. The van der Waals surface area contributed by atoms with Crippen LogP contribution in [0.25, 0.3) is 0 Å². The van der Waals surface area contributed by atoms with E-state index in [1.807, 2.05) is 12.1 Å². The van der Waals surface area contributed by atoms with Gasteiger partial charge in [0, 0.05) is 8.90 Å². The second-order valence-corrected chi connectivity index (χ2v) is 5.80. The van der Waals surface area contributed by atoms with Crippen LogP contribution in [0.2, 0.25) is 0 Å². The summed E-state index contributed by atoms with van der Waals surface area (Å²) in [7, 11) is 0. The first-order valence-electron chi connectivity index (χ1n) is 5.77. The van der Waals surface area contributed by atoms with Gasteiger partial charge >= 0.3 is 0 Å². The fourth-order valence-corrected chi connectivity index (χ4v) is 2.38. The average Bonchev–Trinajstić information content (AvgIpc) is 2.28. The van der Waals surface area contributed by atoms with Crippen LogP contribution in [0, 0.1) is 3.57 Å². The molecule has 1 aromatic rings. The highest BCUT2D eigenvalue weighted by molar-refractivity contribution is 14.1. The van der Waals surface area contributed by atoms with Gasteiger partial charge in [0.1, 0.15) is 5.75 Å². The van der Waals surface area contributed by atoms with Gasteiger partial charge in [-0.05, 0) is 53.6 Å². The summed E-state index contributed by atoms with van der Waals surface area (Å²) in [6, 6.07) is 8.21. The second-order valence-electron chi connectivity index (χ2n) is 3.76. The molecule has 0 aliphatic rings. The Kier molecular flexibility index (Phi) is 8.29. The number of rotatable bonds is 8. The van der Waals surface area contributed by atoms with Crippen LogP contribution < -0.4 is 4.74 Å². The van der Waals surface area contributed by atoms with E-state index in [-0.39, 0.29) is 0 Å². The molecule has 0 N–H and O–H groups in total. The molecule has 0 heterocycles. The van der Waals surface area contributed by atoms with Crippen molar-refractivity contribution in [2.24, 2.45) is 0 Å².